The highest BCUT2D eigenvalue weighted by Gasteiger charge is 2.33. The van der Waals surface area contributed by atoms with E-state index in [4.69, 9.17) is 0 Å². The van der Waals surface area contributed by atoms with Gasteiger partial charge in [0, 0.05) is 12.1 Å². The van der Waals surface area contributed by atoms with Gasteiger partial charge in [-0.3, -0.25) is 4.79 Å². The summed E-state index contributed by atoms with van der Waals surface area (Å²) in [6.45, 7) is 7.27. The number of amides is 1. The van der Waals surface area contributed by atoms with Gasteiger partial charge in [0.1, 0.15) is 0 Å². The third-order valence-corrected chi connectivity index (χ3v) is 5.42. The van der Waals surface area contributed by atoms with E-state index in [2.05, 4.69) is 4.98 Å². The number of aliphatic hydroxyl groups is 1. The maximum atomic E-state index is 13.3. The smallest absolute Gasteiger partial charge is 0.390 e. The van der Waals surface area contributed by atoms with Crippen molar-refractivity contribution in [2.75, 3.05) is 5.75 Å². The maximum Gasteiger partial charge on any atom is 0.416 e. The molecule has 0 atom stereocenters. The van der Waals surface area contributed by atoms with Crippen molar-refractivity contribution >= 4 is 17.7 Å². The molecule has 9 heteroatoms. The summed E-state index contributed by atoms with van der Waals surface area (Å²) in [6.07, 6.45) is -3.06. The van der Waals surface area contributed by atoms with Crippen molar-refractivity contribution in [3.63, 3.8) is 0 Å². The van der Waals surface area contributed by atoms with Gasteiger partial charge in [0.15, 0.2) is 5.16 Å². The summed E-state index contributed by atoms with van der Waals surface area (Å²) >= 11 is 1.16. The number of alkyl halides is 3. The molecule has 29 heavy (non-hydrogen) atoms. The fourth-order valence-corrected chi connectivity index (χ4v) is 4.15. The number of rotatable bonds is 8. The van der Waals surface area contributed by atoms with E-state index in [1.54, 1.807) is 11.0 Å². The molecule has 2 rings (SSSR count). The van der Waals surface area contributed by atoms with Gasteiger partial charge in [-0.05, 0) is 39.3 Å². The van der Waals surface area contributed by atoms with Crippen LogP contribution in [0.3, 0.4) is 0 Å². The van der Waals surface area contributed by atoms with Crippen LogP contribution in [0.5, 0.6) is 0 Å². The quantitative estimate of drug-likeness (QED) is 0.640. The first-order valence-corrected chi connectivity index (χ1v) is 10.3. The zero-order valence-corrected chi connectivity index (χ0v) is 17.7. The third-order valence-electron chi connectivity index (χ3n) is 4.44. The summed E-state index contributed by atoms with van der Waals surface area (Å²) in [7, 11) is 0. The number of benzene rings is 1. The fraction of sp³-hybridized carbons (Fsp3) is 0.500. The number of hydrogen-bond donors (Lipinski definition) is 1. The first kappa shape index (κ1) is 23.3. The van der Waals surface area contributed by atoms with Gasteiger partial charge < -0.3 is 14.6 Å². The molecule has 1 amide bonds. The fourth-order valence-electron chi connectivity index (χ4n) is 3.28. The Morgan fingerprint density at radius 2 is 1.83 bits per heavy atom. The van der Waals surface area contributed by atoms with E-state index in [1.165, 1.54) is 22.9 Å². The molecule has 1 heterocycles. The summed E-state index contributed by atoms with van der Waals surface area (Å²) in [5.74, 6) is 0.0369. The van der Waals surface area contributed by atoms with E-state index in [-0.39, 0.29) is 42.5 Å². The molecule has 0 radical (unpaired) electrons. The summed E-state index contributed by atoms with van der Waals surface area (Å²) in [6, 6.07) is 5.39. The number of carbonyl (C=O) groups is 1. The van der Waals surface area contributed by atoms with E-state index in [1.807, 2.05) is 27.7 Å². The molecule has 0 aliphatic heterocycles. The third kappa shape index (κ3) is 5.76. The first-order chi connectivity index (χ1) is 13.6. The molecule has 0 saturated carbocycles. The number of thioether (sulfide) groups is 1. The molecule has 5 nitrogen and oxygen atoms in total. The Morgan fingerprint density at radius 3 is 2.38 bits per heavy atom. The van der Waals surface area contributed by atoms with Crippen molar-refractivity contribution in [3.05, 3.63) is 47.3 Å². The summed E-state index contributed by atoms with van der Waals surface area (Å²) < 4.78 is 41.5. The molecule has 0 bridgehead atoms. The van der Waals surface area contributed by atoms with Gasteiger partial charge in [-0.1, -0.05) is 30.0 Å². The van der Waals surface area contributed by atoms with E-state index < -0.39 is 11.7 Å². The number of imidazole rings is 1. The Bertz CT molecular complexity index is 827. The van der Waals surface area contributed by atoms with E-state index >= 15 is 0 Å². The van der Waals surface area contributed by atoms with E-state index in [9.17, 15) is 23.1 Å². The Balaban J connectivity index is 2.26. The minimum absolute atomic E-state index is 0.0366. The SMILES string of the molecule is CC(C)N(C(=O)CSc1ncc(CO)n1Cc1ccccc1C(F)(F)F)C(C)C. The zero-order chi connectivity index (χ0) is 21.8. The Morgan fingerprint density at radius 1 is 1.21 bits per heavy atom. The van der Waals surface area contributed by atoms with Crippen molar-refractivity contribution in [2.45, 2.75) is 64.3 Å². The lowest BCUT2D eigenvalue weighted by molar-refractivity contribution is -0.138. The predicted octanol–water partition coefficient (Wildman–Crippen LogP) is 4.18. The molecule has 1 N–H and O–H groups in total. The molecule has 1 aromatic heterocycles. The molecular formula is C20H26F3N3O2S. The van der Waals surface area contributed by atoms with Crippen LogP contribution in [0, 0.1) is 0 Å². The van der Waals surface area contributed by atoms with Crippen molar-refractivity contribution < 1.29 is 23.1 Å². The van der Waals surface area contributed by atoms with Gasteiger partial charge in [0.2, 0.25) is 5.91 Å². The molecule has 0 aliphatic rings. The molecule has 0 unspecified atom stereocenters. The molecule has 2 aromatic rings. The molecule has 1 aromatic carbocycles. The molecule has 0 aliphatic carbocycles. The number of hydrogen-bond acceptors (Lipinski definition) is 4. The number of aromatic nitrogens is 2. The van der Waals surface area contributed by atoms with Gasteiger partial charge >= 0.3 is 6.18 Å². The summed E-state index contributed by atoms with van der Waals surface area (Å²) in [4.78, 5) is 18.6. The van der Waals surface area contributed by atoms with Crippen molar-refractivity contribution in [3.8, 4) is 0 Å². The first-order valence-electron chi connectivity index (χ1n) is 9.30. The van der Waals surface area contributed by atoms with Crippen LogP contribution in [0.1, 0.15) is 44.5 Å². The van der Waals surface area contributed by atoms with Crippen LogP contribution in [-0.2, 0) is 24.1 Å². The molecular weight excluding hydrogens is 403 g/mol. The second-order valence-electron chi connectivity index (χ2n) is 7.21. The second kappa shape index (κ2) is 9.67. The Kier molecular flexibility index (Phi) is 7.76. The lowest BCUT2D eigenvalue weighted by Crippen LogP contribution is -2.43. The number of nitrogens with zero attached hydrogens (tertiary/aromatic N) is 3. The van der Waals surface area contributed by atoms with Crippen LogP contribution in [0.2, 0.25) is 0 Å². The highest BCUT2D eigenvalue weighted by Crippen LogP contribution is 2.33. The van der Waals surface area contributed by atoms with E-state index in [0.29, 0.717) is 10.9 Å². The molecule has 0 spiro atoms. The number of carbonyl (C=O) groups excluding carboxylic acids is 1. The zero-order valence-electron chi connectivity index (χ0n) is 16.9. The Labute approximate surface area is 172 Å². The van der Waals surface area contributed by atoms with Gasteiger partial charge in [-0.2, -0.15) is 13.2 Å². The number of halogens is 3. The van der Waals surface area contributed by atoms with Gasteiger partial charge in [0.05, 0.1) is 36.4 Å². The van der Waals surface area contributed by atoms with E-state index in [0.717, 1.165) is 17.8 Å². The van der Waals surface area contributed by atoms with Crippen molar-refractivity contribution in [1.29, 1.82) is 0 Å². The lowest BCUT2D eigenvalue weighted by Gasteiger charge is -2.30. The standard InChI is InChI=1S/C20H26F3N3O2S/c1-13(2)26(14(3)4)18(28)12-29-19-24-9-16(11-27)25(19)10-15-7-5-6-8-17(15)20(21,22)23/h5-9,13-14,27H,10-12H2,1-4H3. The van der Waals surface area contributed by atoms with Crippen LogP contribution in [0.25, 0.3) is 0 Å². The van der Waals surface area contributed by atoms with Gasteiger partial charge in [0.25, 0.3) is 0 Å². The van der Waals surface area contributed by atoms with Crippen LogP contribution in [0.4, 0.5) is 13.2 Å². The minimum atomic E-state index is -4.48. The topological polar surface area (TPSA) is 58.4 Å². The molecule has 160 valence electrons. The van der Waals surface area contributed by atoms with Crippen molar-refractivity contribution in [2.24, 2.45) is 0 Å². The largest absolute Gasteiger partial charge is 0.416 e. The average Bonchev–Trinajstić information content (AvgIpc) is 3.00. The van der Waals surface area contributed by atoms with Crippen LogP contribution in [-0.4, -0.2) is 43.3 Å². The molecule has 0 fully saturated rings. The maximum absolute atomic E-state index is 13.3. The van der Waals surface area contributed by atoms with Crippen LogP contribution in [0.15, 0.2) is 35.6 Å². The summed E-state index contributed by atoms with van der Waals surface area (Å²) in [5, 5.41) is 9.98. The van der Waals surface area contributed by atoms with Crippen LogP contribution >= 0.6 is 11.8 Å². The summed E-state index contributed by atoms with van der Waals surface area (Å²) in [5.41, 5.74) is -0.260. The number of aliphatic hydroxyl groups excluding tert-OH is 1. The minimum Gasteiger partial charge on any atom is -0.390 e. The van der Waals surface area contributed by atoms with Crippen LogP contribution < -0.4 is 0 Å². The lowest BCUT2D eigenvalue weighted by atomic mass is 10.1. The molecule has 0 saturated heterocycles. The van der Waals surface area contributed by atoms with Gasteiger partial charge in [-0.25, -0.2) is 4.98 Å². The van der Waals surface area contributed by atoms with Gasteiger partial charge in [-0.15, -0.1) is 0 Å². The monoisotopic (exact) mass is 429 g/mol. The highest BCUT2D eigenvalue weighted by molar-refractivity contribution is 7.99. The average molecular weight is 430 g/mol. The van der Waals surface area contributed by atoms with Crippen molar-refractivity contribution in [1.82, 2.24) is 14.5 Å². The second-order valence-corrected chi connectivity index (χ2v) is 8.15. The Hall–Kier alpha value is -2.00. The normalized spacial score (nSPS) is 12.1. The highest BCUT2D eigenvalue weighted by atomic mass is 32.2. The predicted molar refractivity (Wildman–Crippen MR) is 107 cm³/mol.